The number of nitro benzene ring substituents is 1. The van der Waals surface area contributed by atoms with E-state index < -0.39 is 16.7 Å². The number of nitro groups is 1. The van der Waals surface area contributed by atoms with Gasteiger partial charge in [0.1, 0.15) is 5.82 Å². The molecule has 27 heavy (non-hydrogen) atoms. The van der Waals surface area contributed by atoms with Crippen molar-refractivity contribution in [3.8, 4) is 0 Å². The lowest BCUT2D eigenvalue weighted by molar-refractivity contribution is -0.384. The number of rotatable bonds is 4. The molecule has 2 aromatic carbocycles. The Labute approximate surface area is 158 Å². The topological polar surface area (TPSA) is 113 Å². The molecule has 2 aromatic rings. The molecule has 0 aliphatic heterocycles. The average molecular weight is 388 g/mol. The van der Waals surface area contributed by atoms with Gasteiger partial charge in [-0.15, -0.1) is 0 Å². The molecule has 0 aliphatic carbocycles. The van der Waals surface area contributed by atoms with Crippen LogP contribution in [0, 0.1) is 15.9 Å². The molecule has 2 rings (SSSR count). The van der Waals surface area contributed by atoms with Gasteiger partial charge < -0.3 is 0 Å². The van der Waals surface area contributed by atoms with Crippen LogP contribution in [0.15, 0.2) is 54.6 Å². The number of benzene rings is 2. The van der Waals surface area contributed by atoms with Crippen LogP contribution in [-0.4, -0.2) is 21.9 Å². The first-order chi connectivity index (χ1) is 12.8. The molecule has 138 valence electrons. The molecule has 2 amide bonds. The minimum atomic E-state index is -0.669. The average Bonchev–Trinajstić information content (AvgIpc) is 2.65. The molecule has 0 aromatic heterocycles. The maximum Gasteiger partial charge on any atom is 0.270 e. The van der Waals surface area contributed by atoms with E-state index in [0.29, 0.717) is 5.56 Å². The normalized spacial score (nSPS) is 10.3. The third kappa shape index (κ3) is 6.29. The van der Waals surface area contributed by atoms with Crippen LogP contribution in [0.25, 0.3) is 6.08 Å². The van der Waals surface area contributed by atoms with Gasteiger partial charge in [0.15, 0.2) is 5.11 Å². The van der Waals surface area contributed by atoms with E-state index in [1.54, 1.807) is 0 Å². The van der Waals surface area contributed by atoms with Gasteiger partial charge in [-0.2, -0.15) is 0 Å². The SMILES string of the molecule is O=C(/C=C/c1ccc(F)cc1)NC(=S)NNC(=O)c1cccc([N+](=O)[O-])c1. The van der Waals surface area contributed by atoms with Crippen LogP contribution in [-0.2, 0) is 4.79 Å². The summed E-state index contributed by atoms with van der Waals surface area (Å²) in [4.78, 5) is 33.8. The molecule has 0 aliphatic rings. The van der Waals surface area contributed by atoms with Gasteiger partial charge in [-0.25, -0.2) is 4.39 Å². The van der Waals surface area contributed by atoms with Crippen LogP contribution in [0.1, 0.15) is 15.9 Å². The summed E-state index contributed by atoms with van der Waals surface area (Å²) in [7, 11) is 0. The summed E-state index contributed by atoms with van der Waals surface area (Å²) < 4.78 is 12.8. The van der Waals surface area contributed by atoms with Crippen molar-refractivity contribution in [1.82, 2.24) is 16.2 Å². The summed E-state index contributed by atoms with van der Waals surface area (Å²) in [6.07, 6.45) is 2.64. The highest BCUT2D eigenvalue weighted by Crippen LogP contribution is 2.12. The maximum absolute atomic E-state index is 12.8. The minimum Gasteiger partial charge on any atom is -0.298 e. The van der Waals surface area contributed by atoms with Gasteiger partial charge in [0.25, 0.3) is 11.6 Å². The third-order valence-electron chi connectivity index (χ3n) is 3.14. The highest BCUT2D eigenvalue weighted by molar-refractivity contribution is 7.80. The Morgan fingerprint density at radius 2 is 1.81 bits per heavy atom. The Balaban J connectivity index is 1.83. The van der Waals surface area contributed by atoms with Gasteiger partial charge in [-0.3, -0.25) is 35.9 Å². The van der Waals surface area contributed by atoms with E-state index in [0.717, 1.165) is 6.07 Å². The number of hydrogen-bond acceptors (Lipinski definition) is 5. The Kier molecular flexibility index (Phi) is 6.67. The van der Waals surface area contributed by atoms with E-state index in [9.17, 15) is 24.1 Å². The second-order valence-electron chi connectivity index (χ2n) is 5.09. The van der Waals surface area contributed by atoms with Crippen LogP contribution in [0.3, 0.4) is 0 Å². The van der Waals surface area contributed by atoms with E-state index in [4.69, 9.17) is 12.2 Å². The Morgan fingerprint density at radius 3 is 2.48 bits per heavy atom. The van der Waals surface area contributed by atoms with Crippen LogP contribution in [0.2, 0.25) is 0 Å². The zero-order chi connectivity index (χ0) is 19.8. The van der Waals surface area contributed by atoms with Crippen LogP contribution >= 0.6 is 12.2 Å². The number of carbonyl (C=O) groups excluding carboxylic acids is 2. The highest BCUT2D eigenvalue weighted by Gasteiger charge is 2.11. The predicted molar refractivity (Wildman–Crippen MR) is 99.9 cm³/mol. The monoisotopic (exact) mass is 388 g/mol. The summed E-state index contributed by atoms with van der Waals surface area (Å²) in [6, 6.07) is 10.6. The molecule has 0 fully saturated rings. The number of non-ortho nitro benzene ring substituents is 1. The quantitative estimate of drug-likeness (QED) is 0.320. The van der Waals surface area contributed by atoms with Gasteiger partial charge in [-0.1, -0.05) is 18.2 Å². The van der Waals surface area contributed by atoms with E-state index in [1.807, 2.05) is 0 Å². The Hall–Kier alpha value is -3.66. The van der Waals surface area contributed by atoms with Gasteiger partial charge in [-0.05, 0) is 42.1 Å². The predicted octanol–water partition coefficient (Wildman–Crippen LogP) is 2.08. The number of nitrogens with one attached hydrogen (secondary N) is 3. The number of nitrogens with zero attached hydrogens (tertiary/aromatic N) is 1. The molecule has 0 unspecified atom stereocenters. The van der Waals surface area contributed by atoms with E-state index in [2.05, 4.69) is 16.2 Å². The fraction of sp³-hybridized carbons (Fsp3) is 0. The van der Waals surface area contributed by atoms with Crippen molar-refractivity contribution in [3.63, 3.8) is 0 Å². The lowest BCUT2D eigenvalue weighted by Gasteiger charge is -2.09. The van der Waals surface area contributed by atoms with Gasteiger partial charge in [0.05, 0.1) is 4.92 Å². The summed E-state index contributed by atoms with van der Waals surface area (Å²) >= 11 is 4.86. The second-order valence-corrected chi connectivity index (χ2v) is 5.50. The van der Waals surface area contributed by atoms with Crippen LogP contribution in [0.5, 0.6) is 0 Å². The molecule has 10 heteroatoms. The standard InChI is InChI=1S/C17H13FN4O4S/c18-13-7-4-11(5-8-13)6-9-15(23)19-17(27)21-20-16(24)12-2-1-3-14(10-12)22(25)26/h1-10H,(H,20,24)(H2,19,21,23,27)/b9-6+. The lowest BCUT2D eigenvalue weighted by Crippen LogP contribution is -2.48. The molecule has 0 radical (unpaired) electrons. The van der Waals surface area contributed by atoms with Crippen LogP contribution in [0.4, 0.5) is 10.1 Å². The number of amides is 2. The molecule has 8 nitrogen and oxygen atoms in total. The van der Waals surface area contributed by atoms with Gasteiger partial charge in [0.2, 0.25) is 5.91 Å². The number of halogens is 1. The smallest absolute Gasteiger partial charge is 0.270 e. The van der Waals surface area contributed by atoms with E-state index in [1.165, 1.54) is 54.6 Å². The molecule has 0 heterocycles. The minimum absolute atomic E-state index is 0.0435. The first-order valence-electron chi connectivity index (χ1n) is 7.44. The van der Waals surface area contributed by atoms with Crippen molar-refractivity contribution >= 4 is 40.9 Å². The Morgan fingerprint density at radius 1 is 1.11 bits per heavy atom. The van der Waals surface area contributed by atoms with Crippen molar-refractivity contribution < 1.29 is 18.9 Å². The van der Waals surface area contributed by atoms with E-state index in [-0.39, 0.29) is 22.2 Å². The molecule has 0 spiro atoms. The summed E-state index contributed by atoms with van der Waals surface area (Å²) in [5, 5.41) is 12.8. The highest BCUT2D eigenvalue weighted by atomic mass is 32.1. The summed E-state index contributed by atoms with van der Waals surface area (Å²) in [5.74, 6) is -1.62. The molecule has 0 atom stereocenters. The Bertz CT molecular complexity index is 915. The molecular formula is C17H13FN4O4S. The van der Waals surface area contributed by atoms with Crippen molar-refractivity contribution in [2.45, 2.75) is 0 Å². The van der Waals surface area contributed by atoms with Crippen molar-refractivity contribution in [3.05, 3.63) is 81.7 Å². The van der Waals surface area contributed by atoms with E-state index >= 15 is 0 Å². The van der Waals surface area contributed by atoms with Gasteiger partial charge >= 0.3 is 0 Å². The van der Waals surface area contributed by atoms with Gasteiger partial charge in [0, 0.05) is 23.8 Å². The zero-order valence-electron chi connectivity index (χ0n) is 13.6. The third-order valence-corrected chi connectivity index (χ3v) is 3.35. The number of hydrazine groups is 1. The molecule has 0 bridgehead atoms. The summed E-state index contributed by atoms with van der Waals surface area (Å²) in [6.45, 7) is 0. The van der Waals surface area contributed by atoms with Crippen molar-refractivity contribution in [2.75, 3.05) is 0 Å². The zero-order valence-corrected chi connectivity index (χ0v) is 14.5. The first-order valence-corrected chi connectivity index (χ1v) is 7.85. The van der Waals surface area contributed by atoms with Crippen molar-refractivity contribution in [2.24, 2.45) is 0 Å². The van der Waals surface area contributed by atoms with Crippen molar-refractivity contribution in [1.29, 1.82) is 0 Å². The summed E-state index contributed by atoms with van der Waals surface area (Å²) in [5.41, 5.74) is 4.96. The molecular weight excluding hydrogens is 375 g/mol. The number of hydrogen-bond donors (Lipinski definition) is 3. The van der Waals surface area contributed by atoms with Crippen LogP contribution < -0.4 is 16.2 Å². The molecule has 0 saturated heterocycles. The molecule has 0 saturated carbocycles. The maximum atomic E-state index is 12.8. The second kappa shape index (κ2) is 9.15. The fourth-order valence-electron chi connectivity index (χ4n) is 1.88. The largest absolute Gasteiger partial charge is 0.298 e. The lowest BCUT2D eigenvalue weighted by atomic mass is 10.2. The molecule has 3 N–H and O–H groups in total. The number of thiocarbonyl (C=S) groups is 1. The fourth-order valence-corrected chi connectivity index (χ4v) is 2.03. The first kappa shape index (κ1) is 19.7. The number of carbonyl (C=O) groups is 2.